The number of amides is 8. The van der Waals surface area contributed by atoms with Crippen LogP contribution in [0, 0.1) is 17.7 Å². The Bertz CT molecular complexity index is 5650. The van der Waals surface area contributed by atoms with Gasteiger partial charge in [-0.1, -0.05) is 24.3 Å². The monoisotopic (exact) mass is 1700 g/mol. The average Bonchev–Trinajstić information content (AvgIpc) is 1.64. The first kappa shape index (κ1) is 84.9. The van der Waals surface area contributed by atoms with Gasteiger partial charge >= 0.3 is 12.4 Å². The van der Waals surface area contributed by atoms with E-state index in [4.69, 9.17) is 28.4 Å². The molecule has 8 aliphatic rings. The Kier molecular flexibility index (Phi) is 25.1. The molecule has 33 heteroatoms. The maximum atomic E-state index is 13.9. The van der Waals surface area contributed by atoms with Gasteiger partial charge in [-0.05, 0) is 173 Å². The number of fused-ring (bicyclic) bond motifs is 8. The third-order valence-corrected chi connectivity index (χ3v) is 24.2. The van der Waals surface area contributed by atoms with Crippen molar-refractivity contribution >= 4 is 96.6 Å². The number of hydrogen-bond donors (Lipinski definition) is 3. The number of carbonyl (C=O) groups is 8. The molecule has 2 aliphatic carbocycles. The Balaban J connectivity index is 0.000000155. The zero-order valence-corrected chi connectivity index (χ0v) is 67.5. The standard InChI is InChI=1S/C45H45F3N6O7.C32H37F3N4O3.C13H9FN2O4/c1-52-36-13-14-49-23-35(36)32-8-5-27(18-38(32)52)28-6-12-41(50-22-28)61-31-20-30(21-31)59-15-3-2-4-16-60-39(45(46,47)48)17-26-24-53(25-26)29-7-9-33-34(19-29)44(58)54(43(33)57)37-10-11-40(55)51-42(37)56;1-39-28-9-10-36-20-27(28)26-7-5-22(14-29(26)39)23-6-8-31(38-19-23)42-25-15-24(16-25)40-11-3-2-4-12-41-30(32(33,34)35)13-21-17-37-18-21;14-6-1-2-7-8(5-6)13(20)16(12(7)19)9-3-4-10(17)15-11(9)18/h5-9,12-14,18-19,22-23,26,30-31,37,39H,2-4,10-11,15-17,20-21,24-25H2,1H3,(H,51,55,56);5-10,14,19-21,24-25,30,37H,2-4,11-13,15-18H2,1H3;1-2,5,9H,3-4H2,(H,15,17,18). The Morgan fingerprint density at radius 3 is 1.33 bits per heavy atom. The third-order valence-electron chi connectivity index (χ3n) is 24.2. The van der Waals surface area contributed by atoms with E-state index in [1.54, 1.807) is 18.3 Å². The molecule has 26 nitrogen and oxygen atoms in total. The zero-order valence-electron chi connectivity index (χ0n) is 67.5. The Hall–Kier alpha value is -11.7. The summed E-state index contributed by atoms with van der Waals surface area (Å²) in [5.74, 6) is -4.54. The molecule has 18 rings (SSSR count). The van der Waals surface area contributed by atoms with E-state index >= 15 is 0 Å². The lowest BCUT2D eigenvalue weighted by Gasteiger charge is -2.42. The fourth-order valence-corrected chi connectivity index (χ4v) is 17.0. The van der Waals surface area contributed by atoms with Crippen molar-refractivity contribution in [3.63, 3.8) is 0 Å². The second kappa shape index (κ2) is 36.4. The number of anilines is 1. The van der Waals surface area contributed by atoms with Crippen molar-refractivity contribution in [3.8, 4) is 34.0 Å². The SMILES string of the molecule is Cn1c2ccncc2c2ccc(-c3ccc(OC4CC(OCCCCCOC(CC5CN(c6ccc7c(c6)C(=O)N(C6CCC(=O)NC6=O)C7=O)C5)C(F)(F)F)C4)nc3)cc21.Cn1c2ccncc2c2ccc(-c3ccc(OC4CC(OCCCCCOC(CC5CNC5)C(F)(F)F)C4)nc3)cc21.O=C1CCC(N2C(=O)c3ccc(F)cc3C2=O)C(=O)N1. The van der Waals surface area contributed by atoms with Gasteiger partial charge in [-0.15, -0.1) is 0 Å². The summed E-state index contributed by atoms with van der Waals surface area (Å²) in [6, 6.07) is 30.6. The minimum atomic E-state index is -4.50. The molecular formula is C90H91F7N12O14. The number of imide groups is 4. The lowest BCUT2D eigenvalue weighted by atomic mass is 9.92. The number of alkyl halides is 6. The summed E-state index contributed by atoms with van der Waals surface area (Å²) in [5, 5.41) is 11.9. The van der Waals surface area contributed by atoms with Crippen molar-refractivity contribution in [2.75, 3.05) is 57.5 Å². The van der Waals surface area contributed by atoms with Crippen LogP contribution < -0.4 is 30.3 Å². The quantitative estimate of drug-likeness (QED) is 0.0223. The molecule has 0 spiro atoms. The summed E-state index contributed by atoms with van der Waals surface area (Å²) in [6.45, 7) is 3.19. The molecule has 8 amide bonds. The van der Waals surface area contributed by atoms with Crippen molar-refractivity contribution in [2.45, 2.75) is 164 Å². The summed E-state index contributed by atoms with van der Waals surface area (Å²) in [4.78, 5) is 118. The second-order valence-corrected chi connectivity index (χ2v) is 32.6. The maximum absolute atomic E-state index is 13.9. The predicted molar refractivity (Wildman–Crippen MR) is 436 cm³/mol. The van der Waals surface area contributed by atoms with Gasteiger partial charge in [-0.3, -0.25) is 68.8 Å². The van der Waals surface area contributed by atoms with Gasteiger partial charge in [0.25, 0.3) is 23.6 Å². The number of pyridine rings is 4. The van der Waals surface area contributed by atoms with E-state index in [-0.39, 0.29) is 110 Å². The van der Waals surface area contributed by atoms with E-state index in [1.165, 1.54) is 17.5 Å². The van der Waals surface area contributed by atoms with Crippen LogP contribution in [0.1, 0.15) is 144 Å². The fourth-order valence-electron chi connectivity index (χ4n) is 17.0. The average molecular weight is 1700 g/mol. The van der Waals surface area contributed by atoms with Gasteiger partial charge in [-0.25, -0.2) is 14.4 Å². The van der Waals surface area contributed by atoms with E-state index in [2.05, 4.69) is 95.5 Å². The zero-order chi connectivity index (χ0) is 86.0. The summed E-state index contributed by atoms with van der Waals surface area (Å²) >= 11 is 0. The highest BCUT2D eigenvalue weighted by molar-refractivity contribution is 6.25. The van der Waals surface area contributed by atoms with Crippen molar-refractivity contribution < 1.29 is 97.5 Å². The van der Waals surface area contributed by atoms with Crippen LogP contribution in [0.2, 0.25) is 0 Å². The first-order valence-corrected chi connectivity index (χ1v) is 41.6. The molecule has 644 valence electrons. The summed E-state index contributed by atoms with van der Waals surface area (Å²) in [6.07, 6.45) is 6.30. The lowest BCUT2D eigenvalue weighted by Crippen LogP contribution is -2.54. The summed E-state index contributed by atoms with van der Waals surface area (Å²) < 4.78 is 133. The number of halogens is 7. The number of hydrogen-bond acceptors (Lipinski definition) is 20. The number of carbonyl (C=O) groups excluding carboxylic acids is 8. The van der Waals surface area contributed by atoms with Crippen LogP contribution in [0.4, 0.5) is 36.4 Å². The molecule has 0 bridgehead atoms. The molecule has 10 aromatic rings. The fraction of sp³-hybridized carbons (Fsp3) is 0.422. The number of unbranched alkanes of at least 4 members (excludes halogenated alkanes) is 4. The lowest BCUT2D eigenvalue weighted by molar-refractivity contribution is -0.226. The molecular weight excluding hydrogens is 1610 g/mol. The number of nitrogens with one attached hydrogen (secondary N) is 3. The van der Waals surface area contributed by atoms with Gasteiger partial charge in [0.05, 0.1) is 45.5 Å². The van der Waals surface area contributed by atoms with Crippen LogP contribution in [0.3, 0.4) is 0 Å². The molecule has 12 heterocycles. The minimum absolute atomic E-state index is 0.00805. The third kappa shape index (κ3) is 18.8. The Morgan fingerprint density at radius 1 is 0.447 bits per heavy atom. The molecule has 6 aliphatic heterocycles. The van der Waals surface area contributed by atoms with Gasteiger partial charge in [0.2, 0.25) is 35.4 Å². The minimum Gasteiger partial charge on any atom is -0.474 e. The molecule has 4 saturated heterocycles. The number of ether oxygens (including phenoxy) is 6. The molecule has 0 radical (unpaired) electrons. The highest BCUT2D eigenvalue weighted by Gasteiger charge is 2.49. The molecule has 4 unspecified atom stereocenters. The second-order valence-electron chi connectivity index (χ2n) is 32.6. The number of aryl methyl sites for hydroxylation is 2. The van der Waals surface area contributed by atoms with Crippen molar-refractivity contribution in [2.24, 2.45) is 25.9 Å². The first-order chi connectivity index (χ1) is 59.2. The molecule has 3 N–H and O–H groups in total. The van der Waals surface area contributed by atoms with E-state index in [1.807, 2.05) is 72.3 Å². The number of nitrogens with zero attached hydrogens (tertiary/aromatic N) is 9. The van der Waals surface area contributed by atoms with Gasteiger partial charge in [0.15, 0.2) is 12.2 Å². The summed E-state index contributed by atoms with van der Waals surface area (Å²) in [7, 11) is 4.13. The normalized spacial score (nSPS) is 20.9. The van der Waals surface area contributed by atoms with Crippen LogP contribution >= 0.6 is 0 Å². The van der Waals surface area contributed by atoms with Crippen molar-refractivity contribution in [3.05, 3.63) is 174 Å². The number of aromatic nitrogens is 6. The number of rotatable bonds is 29. The van der Waals surface area contributed by atoms with Crippen molar-refractivity contribution in [1.29, 1.82) is 0 Å². The van der Waals surface area contributed by atoms with E-state index in [0.29, 0.717) is 82.5 Å². The Morgan fingerprint density at radius 2 is 0.886 bits per heavy atom. The maximum Gasteiger partial charge on any atom is 0.414 e. The van der Waals surface area contributed by atoms with E-state index in [0.717, 1.165) is 121 Å². The smallest absolute Gasteiger partial charge is 0.414 e. The van der Waals surface area contributed by atoms with Gasteiger partial charge in [-0.2, -0.15) is 26.3 Å². The van der Waals surface area contributed by atoms with Crippen LogP contribution in [-0.4, -0.2) is 200 Å². The van der Waals surface area contributed by atoms with Crippen LogP contribution in [-0.2, 0) is 52.2 Å². The molecule has 2 saturated carbocycles. The molecule has 4 aromatic carbocycles. The highest BCUT2D eigenvalue weighted by atomic mass is 19.4. The highest BCUT2D eigenvalue weighted by Crippen LogP contribution is 2.41. The van der Waals surface area contributed by atoms with Crippen LogP contribution in [0.25, 0.3) is 65.9 Å². The van der Waals surface area contributed by atoms with Gasteiger partial charge in [0.1, 0.15) is 30.1 Å². The van der Waals surface area contributed by atoms with E-state index in [9.17, 15) is 69.1 Å². The topological polar surface area (TPSA) is 299 Å². The molecule has 4 atom stereocenters. The Labute approximate surface area is 701 Å². The van der Waals surface area contributed by atoms with Crippen LogP contribution in [0.15, 0.2) is 146 Å². The van der Waals surface area contributed by atoms with Crippen molar-refractivity contribution in [1.82, 2.24) is 54.8 Å². The van der Waals surface area contributed by atoms with Crippen LogP contribution in [0.5, 0.6) is 11.8 Å². The van der Waals surface area contributed by atoms with E-state index < -0.39 is 89.7 Å². The largest absolute Gasteiger partial charge is 0.474 e. The van der Waals surface area contributed by atoms with Gasteiger partial charge in [0, 0.05) is 191 Å². The molecule has 123 heavy (non-hydrogen) atoms. The van der Waals surface area contributed by atoms with Gasteiger partial charge < -0.3 is 47.8 Å². The number of piperidine rings is 2. The predicted octanol–water partition coefficient (Wildman–Crippen LogP) is 13.4. The number of benzene rings is 4. The molecule has 6 aromatic heterocycles. The molecule has 6 fully saturated rings. The summed E-state index contributed by atoms with van der Waals surface area (Å²) in [5.41, 5.74) is 9.64. The first-order valence-electron chi connectivity index (χ1n) is 41.6.